The number of hydrogen-bond donors (Lipinski definition) is 2. The van der Waals surface area contributed by atoms with Crippen molar-refractivity contribution in [1.29, 1.82) is 0 Å². The Balaban J connectivity index is 1.91. The zero-order valence-corrected chi connectivity index (χ0v) is 14.2. The molecular weight excluding hydrogens is 344 g/mol. The highest BCUT2D eigenvalue weighted by Gasteiger charge is 2.12. The van der Waals surface area contributed by atoms with Crippen molar-refractivity contribution in [1.82, 2.24) is 0 Å². The van der Waals surface area contributed by atoms with Gasteiger partial charge in [-0.1, -0.05) is 15.9 Å². The van der Waals surface area contributed by atoms with Crippen molar-refractivity contribution in [3.63, 3.8) is 0 Å². The van der Waals surface area contributed by atoms with Crippen LogP contribution < -0.4 is 15.4 Å². The third-order valence-corrected chi connectivity index (χ3v) is 3.58. The summed E-state index contributed by atoms with van der Waals surface area (Å²) in [5.41, 5.74) is 1.65. The van der Waals surface area contributed by atoms with Gasteiger partial charge in [0, 0.05) is 15.8 Å². The zero-order chi connectivity index (χ0) is 15.9. The minimum atomic E-state index is -0.346. The molecule has 0 radical (unpaired) electrons. The number of ether oxygens (including phenoxy) is 1. The monoisotopic (exact) mass is 362 g/mol. The van der Waals surface area contributed by atoms with Crippen LogP contribution in [0, 0.1) is 0 Å². The molecule has 0 saturated carbocycles. The van der Waals surface area contributed by atoms with Gasteiger partial charge in [-0.3, -0.25) is 4.79 Å². The topological polar surface area (TPSA) is 50.4 Å². The quantitative estimate of drug-likeness (QED) is 0.805. The van der Waals surface area contributed by atoms with Gasteiger partial charge in [-0.25, -0.2) is 0 Å². The van der Waals surface area contributed by atoms with Gasteiger partial charge in [0.2, 0.25) is 5.91 Å². The Morgan fingerprint density at radius 3 is 2.27 bits per heavy atom. The third-order valence-electron chi connectivity index (χ3n) is 3.05. The summed E-state index contributed by atoms with van der Waals surface area (Å²) in [6.45, 7) is 4.41. The van der Waals surface area contributed by atoms with E-state index in [2.05, 4.69) is 26.6 Å². The lowest BCUT2D eigenvalue weighted by molar-refractivity contribution is -0.116. The Morgan fingerprint density at radius 2 is 1.68 bits per heavy atom. The second-order valence-corrected chi connectivity index (χ2v) is 5.74. The maximum absolute atomic E-state index is 12.2. The number of benzene rings is 2. The van der Waals surface area contributed by atoms with Gasteiger partial charge in [0.15, 0.2) is 0 Å². The molecule has 2 aromatic rings. The molecule has 0 heterocycles. The number of rotatable bonds is 6. The van der Waals surface area contributed by atoms with Gasteiger partial charge in [0.05, 0.1) is 6.61 Å². The first-order valence-electron chi connectivity index (χ1n) is 7.14. The van der Waals surface area contributed by atoms with E-state index in [0.29, 0.717) is 6.61 Å². The standard InChI is InChI=1S/C17H19BrN2O2/c1-3-22-16-10-8-14(9-11-16)19-12(2)17(21)20-15-6-4-13(18)5-7-15/h4-12,19H,3H2,1-2H3,(H,20,21)/t12-/m1/s1. The van der Waals surface area contributed by atoms with Gasteiger partial charge in [-0.15, -0.1) is 0 Å². The summed E-state index contributed by atoms with van der Waals surface area (Å²) in [4.78, 5) is 12.2. The van der Waals surface area contributed by atoms with Gasteiger partial charge < -0.3 is 15.4 Å². The summed E-state index contributed by atoms with van der Waals surface area (Å²) in [7, 11) is 0. The number of amides is 1. The molecule has 0 aliphatic rings. The van der Waals surface area contributed by atoms with Gasteiger partial charge >= 0.3 is 0 Å². The molecule has 22 heavy (non-hydrogen) atoms. The number of carbonyl (C=O) groups is 1. The Labute approximate surface area is 139 Å². The fraction of sp³-hybridized carbons (Fsp3) is 0.235. The number of carbonyl (C=O) groups excluding carboxylic acids is 1. The van der Waals surface area contributed by atoms with E-state index in [1.807, 2.05) is 62.4 Å². The second-order valence-electron chi connectivity index (χ2n) is 4.82. The Bertz CT molecular complexity index is 612. The van der Waals surface area contributed by atoms with Gasteiger partial charge in [-0.05, 0) is 62.4 Å². The maximum atomic E-state index is 12.2. The van der Waals surface area contributed by atoms with Crippen molar-refractivity contribution in [2.75, 3.05) is 17.2 Å². The summed E-state index contributed by atoms with van der Waals surface area (Å²) in [5.74, 6) is 0.733. The molecule has 0 fully saturated rings. The summed E-state index contributed by atoms with van der Waals surface area (Å²) in [6.07, 6.45) is 0. The lowest BCUT2D eigenvalue weighted by Gasteiger charge is -2.15. The van der Waals surface area contributed by atoms with Crippen LogP contribution in [0.3, 0.4) is 0 Å². The van der Waals surface area contributed by atoms with E-state index in [1.54, 1.807) is 0 Å². The second kappa shape index (κ2) is 7.84. The molecule has 0 aliphatic heterocycles. The molecule has 2 rings (SSSR count). The minimum absolute atomic E-state index is 0.0868. The maximum Gasteiger partial charge on any atom is 0.246 e. The van der Waals surface area contributed by atoms with Crippen LogP contribution in [-0.4, -0.2) is 18.6 Å². The van der Waals surface area contributed by atoms with E-state index in [4.69, 9.17) is 4.74 Å². The summed E-state index contributed by atoms with van der Waals surface area (Å²) >= 11 is 3.37. The molecule has 116 valence electrons. The van der Waals surface area contributed by atoms with Gasteiger partial charge in [-0.2, -0.15) is 0 Å². The van der Waals surface area contributed by atoms with Crippen LogP contribution >= 0.6 is 15.9 Å². The molecule has 1 atom stereocenters. The Hall–Kier alpha value is -2.01. The number of nitrogens with one attached hydrogen (secondary N) is 2. The van der Waals surface area contributed by atoms with E-state index in [0.717, 1.165) is 21.6 Å². The summed E-state index contributed by atoms with van der Waals surface area (Å²) in [6, 6.07) is 14.7. The van der Waals surface area contributed by atoms with Crippen molar-refractivity contribution < 1.29 is 9.53 Å². The van der Waals surface area contributed by atoms with E-state index >= 15 is 0 Å². The van der Waals surface area contributed by atoms with Crippen LogP contribution in [0.2, 0.25) is 0 Å². The summed E-state index contributed by atoms with van der Waals surface area (Å²) in [5, 5.41) is 6.04. The highest BCUT2D eigenvalue weighted by atomic mass is 79.9. The normalized spacial score (nSPS) is 11.6. The van der Waals surface area contributed by atoms with Crippen LogP contribution in [0.25, 0.3) is 0 Å². The molecule has 0 unspecified atom stereocenters. The SMILES string of the molecule is CCOc1ccc(N[C@H](C)C(=O)Nc2ccc(Br)cc2)cc1. The van der Waals surface area contributed by atoms with E-state index in [-0.39, 0.29) is 11.9 Å². The first kappa shape index (κ1) is 16.4. The molecule has 0 aromatic heterocycles. The molecule has 0 saturated heterocycles. The van der Waals surface area contributed by atoms with Crippen LogP contribution in [0.15, 0.2) is 53.0 Å². The number of hydrogen-bond acceptors (Lipinski definition) is 3. The molecule has 5 heteroatoms. The molecule has 0 bridgehead atoms. The molecule has 1 amide bonds. The van der Waals surface area contributed by atoms with Crippen LogP contribution in [0.4, 0.5) is 11.4 Å². The highest BCUT2D eigenvalue weighted by molar-refractivity contribution is 9.10. The lowest BCUT2D eigenvalue weighted by atomic mass is 10.2. The minimum Gasteiger partial charge on any atom is -0.494 e. The zero-order valence-electron chi connectivity index (χ0n) is 12.6. The van der Waals surface area contributed by atoms with Crippen LogP contribution in [-0.2, 0) is 4.79 Å². The smallest absolute Gasteiger partial charge is 0.246 e. The Kier molecular flexibility index (Phi) is 5.83. The van der Waals surface area contributed by atoms with Gasteiger partial charge in [0.25, 0.3) is 0 Å². The number of halogens is 1. The molecule has 0 spiro atoms. The lowest BCUT2D eigenvalue weighted by Crippen LogP contribution is -2.31. The van der Waals surface area contributed by atoms with Crippen molar-refractivity contribution in [2.45, 2.75) is 19.9 Å². The predicted molar refractivity (Wildman–Crippen MR) is 93.5 cm³/mol. The average Bonchev–Trinajstić information content (AvgIpc) is 2.51. The van der Waals surface area contributed by atoms with E-state index in [1.165, 1.54) is 0 Å². The largest absolute Gasteiger partial charge is 0.494 e. The van der Waals surface area contributed by atoms with Crippen molar-refractivity contribution in [3.05, 3.63) is 53.0 Å². The molecule has 2 N–H and O–H groups in total. The van der Waals surface area contributed by atoms with Gasteiger partial charge in [0.1, 0.15) is 11.8 Å². The average molecular weight is 363 g/mol. The van der Waals surface area contributed by atoms with Crippen LogP contribution in [0.5, 0.6) is 5.75 Å². The molecular formula is C17H19BrN2O2. The molecule has 2 aromatic carbocycles. The fourth-order valence-corrected chi connectivity index (χ4v) is 2.18. The predicted octanol–water partition coefficient (Wildman–Crippen LogP) is 4.29. The van der Waals surface area contributed by atoms with Crippen molar-refractivity contribution in [2.24, 2.45) is 0 Å². The number of anilines is 2. The summed E-state index contributed by atoms with van der Waals surface area (Å²) < 4.78 is 6.37. The first-order chi connectivity index (χ1) is 10.6. The van der Waals surface area contributed by atoms with E-state index in [9.17, 15) is 4.79 Å². The fourth-order valence-electron chi connectivity index (χ4n) is 1.91. The molecule has 0 aliphatic carbocycles. The Morgan fingerprint density at radius 1 is 1.09 bits per heavy atom. The highest BCUT2D eigenvalue weighted by Crippen LogP contribution is 2.17. The molecule has 4 nitrogen and oxygen atoms in total. The van der Waals surface area contributed by atoms with Crippen molar-refractivity contribution in [3.8, 4) is 5.75 Å². The van der Waals surface area contributed by atoms with Crippen molar-refractivity contribution >= 4 is 33.2 Å². The first-order valence-corrected chi connectivity index (χ1v) is 7.93. The third kappa shape index (κ3) is 4.77. The van der Waals surface area contributed by atoms with Crippen LogP contribution in [0.1, 0.15) is 13.8 Å². The van der Waals surface area contributed by atoms with E-state index < -0.39 is 0 Å².